The maximum atomic E-state index is 12.5. The molecule has 0 bridgehead atoms. The van der Waals surface area contributed by atoms with Gasteiger partial charge in [0.25, 0.3) is 5.56 Å². The average Bonchev–Trinajstić information content (AvgIpc) is 2.92. The van der Waals surface area contributed by atoms with Crippen molar-refractivity contribution in [1.82, 2.24) is 14.5 Å². The Labute approximate surface area is 142 Å². The molecule has 2 heterocycles. The molecule has 0 aliphatic carbocycles. The standard InChI is InChI=1S/C17H17N3O3S/c1-11-8-13-15(24-11)18-17(23)20(16(13)22)10-14(21)19(2)9-12-6-4-3-5-7-12/h3-8H,9-10H2,1-2H3,(H,18,23). The lowest BCUT2D eigenvalue weighted by Gasteiger charge is -2.17. The lowest BCUT2D eigenvalue weighted by Crippen LogP contribution is -2.40. The Balaban J connectivity index is 1.85. The van der Waals surface area contributed by atoms with E-state index in [9.17, 15) is 14.4 Å². The molecule has 0 fully saturated rings. The topological polar surface area (TPSA) is 75.2 Å². The molecule has 7 heteroatoms. The lowest BCUT2D eigenvalue weighted by molar-refractivity contribution is -0.131. The number of aromatic nitrogens is 2. The molecule has 0 unspecified atom stereocenters. The van der Waals surface area contributed by atoms with E-state index in [0.717, 1.165) is 15.0 Å². The third-order valence-corrected chi connectivity index (χ3v) is 4.74. The van der Waals surface area contributed by atoms with E-state index in [1.165, 1.54) is 16.2 Å². The molecule has 0 atom stereocenters. The number of carbonyl (C=O) groups excluding carboxylic acids is 1. The molecule has 0 saturated heterocycles. The number of nitrogens with zero attached hydrogens (tertiary/aromatic N) is 2. The minimum Gasteiger partial charge on any atom is -0.340 e. The Hall–Kier alpha value is -2.67. The summed E-state index contributed by atoms with van der Waals surface area (Å²) in [5.74, 6) is -0.294. The summed E-state index contributed by atoms with van der Waals surface area (Å²) in [7, 11) is 1.65. The van der Waals surface area contributed by atoms with Gasteiger partial charge in [-0.05, 0) is 18.6 Å². The summed E-state index contributed by atoms with van der Waals surface area (Å²) in [5.41, 5.74) is -0.00566. The molecule has 1 N–H and O–H groups in total. The second-order valence-electron chi connectivity index (χ2n) is 5.66. The molecule has 24 heavy (non-hydrogen) atoms. The average molecular weight is 343 g/mol. The number of hydrogen-bond donors (Lipinski definition) is 1. The van der Waals surface area contributed by atoms with Crippen LogP contribution in [0.1, 0.15) is 10.4 Å². The molecule has 0 aliphatic heterocycles. The molecule has 1 amide bonds. The maximum absolute atomic E-state index is 12.5. The first-order chi connectivity index (χ1) is 11.5. The number of rotatable bonds is 4. The van der Waals surface area contributed by atoms with Crippen LogP contribution >= 0.6 is 11.3 Å². The van der Waals surface area contributed by atoms with E-state index in [1.54, 1.807) is 13.1 Å². The van der Waals surface area contributed by atoms with Crippen LogP contribution in [0, 0.1) is 6.92 Å². The van der Waals surface area contributed by atoms with Crippen LogP contribution in [0.4, 0.5) is 0 Å². The number of fused-ring (bicyclic) bond motifs is 1. The third-order valence-electron chi connectivity index (χ3n) is 3.78. The summed E-state index contributed by atoms with van der Waals surface area (Å²) in [6, 6.07) is 11.3. The fraction of sp³-hybridized carbons (Fsp3) is 0.235. The van der Waals surface area contributed by atoms with E-state index in [1.807, 2.05) is 37.3 Å². The van der Waals surface area contributed by atoms with Gasteiger partial charge >= 0.3 is 5.69 Å². The first-order valence-corrected chi connectivity index (χ1v) is 8.28. The summed E-state index contributed by atoms with van der Waals surface area (Å²) in [4.78, 5) is 42.6. The smallest absolute Gasteiger partial charge is 0.329 e. The summed E-state index contributed by atoms with van der Waals surface area (Å²) in [6.45, 7) is 2.01. The fourth-order valence-corrected chi connectivity index (χ4v) is 3.41. The number of amides is 1. The van der Waals surface area contributed by atoms with Crippen LogP contribution in [0.5, 0.6) is 0 Å². The highest BCUT2D eigenvalue weighted by Gasteiger charge is 2.15. The molecule has 3 aromatic rings. The molecule has 0 saturated carbocycles. The number of likely N-dealkylation sites (N-methyl/N-ethyl adjacent to an activating group) is 1. The van der Waals surface area contributed by atoms with Crippen LogP contribution in [-0.4, -0.2) is 27.4 Å². The molecule has 3 rings (SSSR count). The number of aryl methyl sites for hydroxylation is 1. The second-order valence-corrected chi connectivity index (χ2v) is 6.91. The van der Waals surface area contributed by atoms with Gasteiger partial charge in [0, 0.05) is 18.5 Å². The number of hydrogen-bond acceptors (Lipinski definition) is 4. The number of aromatic amines is 1. The van der Waals surface area contributed by atoms with Crippen molar-refractivity contribution in [2.24, 2.45) is 0 Å². The molecule has 0 aliphatic rings. The van der Waals surface area contributed by atoms with Crippen molar-refractivity contribution in [3.05, 3.63) is 67.7 Å². The number of carbonyl (C=O) groups is 1. The van der Waals surface area contributed by atoms with Crippen LogP contribution in [0.15, 0.2) is 46.0 Å². The van der Waals surface area contributed by atoms with Crippen molar-refractivity contribution in [3.8, 4) is 0 Å². The quantitative estimate of drug-likeness (QED) is 0.784. The zero-order valence-corrected chi connectivity index (χ0v) is 14.2. The van der Waals surface area contributed by atoms with E-state index in [-0.39, 0.29) is 12.5 Å². The Morgan fingerprint density at radius 3 is 2.67 bits per heavy atom. The van der Waals surface area contributed by atoms with Crippen molar-refractivity contribution >= 4 is 27.5 Å². The van der Waals surface area contributed by atoms with Crippen molar-refractivity contribution in [2.75, 3.05) is 7.05 Å². The molecule has 6 nitrogen and oxygen atoms in total. The molecule has 0 spiro atoms. The van der Waals surface area contributed by atoms with Gasteiger partial charge in [-0.3, -0.25) is 19.1 Å². The first-order valence-electron chi connectivity index (χ1n) is 7.47. The largest absolute Gasteiger partial charge is 0.340 e. The molecule has 2 aromatic heterocycles. The van der Waals surface area contributed by atoms with Gasteiger partial charge in [-0.25, -0.2) is 4.79 Å². The minimum atomic E-state index is -0.559. The number of thiophene rings is 1. The predicted molar refractivity (Wildman–Crippen MR) is 94.4 cm³/mol. The lowest BCUT2D eigenvalue weighted by atomic mass is 10.2. The van der Waals surface area contributed by atoms with Gasteiger partial charge in [-0.15, -0.1) is 11.3 Å². The van der Waals surface area contributed by atoms with E-state index >= 15 is 0 Å². The SMILES string of the molecule is Cc1cc2c(=O)n(CC(=O)N(C)Cc3ccccc3)c(=O)[nH]c2s1. The highest BCUT2D eigenvalue weighted by Crippen LogP contribution is 2.18. The summed E-state index contributed by atoms with van der Waals surface area (Å²) >= 11 is 1.35. The number of H-pyrrole nitrogens is 1. The van der Waals surface area contributed by atoms with Crippen LogP contribution in [-0.2, 0) is 17.9 Å². The molecular formula is C17H17N3O3S. The monoisotopic (exact) mass is 343 g/mol. The van der Waals surface area contributed by atoms with Crippen molar-refractivity contribution in [3.63, 3.8) is 0 Å². The van der Waals surface area contributed by atoms with Crippen LogP contribution in [0.3, 0.4) is 0 Å². The van der Waals surface area contributed by atoms with Crippen molar-refractivity contribution in [1.29, 1.82) is 0 Å². The second kappa shape index (κ2) is 6.45. The van der Waals surface area contributed by atoms with Crippen molar-refractivity contribution < 1.29 is 4.79 Å². The summed E-state index contributed by atoms with van der Waals surface area (Å²) in [6.07, 6.45) is 0. The van der Waals surface area contributed by atoms with Gasteiger partial charge in [-0.2, -0.15) is 0 Å². The fourth-order valence-electron chi connectivity index (χ4n) is 2.51. The van der Waals surface area contributed by atoms with Gasteiger partial charge < -0.3 is 4.90 Å². The molecule has 124 valence electrons. The molecule has 1 aromatic carbocycles. The van der Waals surface area contributed by atoms with Gasteiger partial charge in [-0.1, -0.05) is 30.3 Å². The highest BCUT2D eigenvalue weighted by molar-refractivity contribution is 7.18. The Bertz CT molecular complexity index is 1000. The third kappa shape index (κ3) is 3.16. The van der Waals surface area contributed by atoms with Gasteiger partial charge in [0.15, 0.2) is 0 Å². The van der Waals surface area contributed by atoms with E-state index in [4.69, 9.17) is 0 Å². The number of nitrogens with one attached hydrogen (secondary N) is 1. The first kappa shape index (κ1) is 16.2. The van der Waals surface area contributed by atoms with Gasteiger partial charge in [0.1, 0.15) is 11.4 Å². The predicted octanol–water partition coefficient (Wildman–Crippen LogP) is 1.72. The maximum Gasteiger partial charge on any atom is 0.329 e. The Kier molecular flexibility index (Phi) is 4.35. The zero-order chi connectivity index (χ0) is 17.3. The van der Waals surface area contributed by atoms with Crippen molar-refractivity contribution in [2.45, 2.75) is 20.0 Å². The molecule has 0 radical (unpaired) electrons. The molecular weight excluding hydrogens is 326 g/mol. The van der Waals surface area contributed by atoms with Gasteiger partial charge in [0.05, 0.1) is 5.39 Å². The van der Waals surface area contributed by atoms with Crippen LogP contribution in [0.25, 0.3) is 10.2 Å². The van der Waals surface area contributed by atoms with Crippen LogP contribution in [0.2, 0.25) is 0 Å². The van der Waals surface area contributed by atoms with E-state index < -0.39 is 11.2 Å². The van der Waals surface area contributed by atoms with Gasteiger partial charge in [0.2, 0.25) is 5.91 Å². The zero-order valence-electron chi connectivity index (χ0n) is 13.4. The Morgan fingerprint density at radius 1 is 1.25 bits per heavy atom. The summed E-state index contributed by atoms with van der Waals surface area (Å²) in [5, 5.41) is 0.440. The Morgan fingerprint density at radius 2 is 1.96 bits per heavy atom. The highest BCUT2D eigenvalue weighted by atomic mass is 32.1. The van der Waals surface area contributed by atoms with Crippen LogP contribution < -0.4 is 11.2 Å². The minimum absolute atomic E-state index is 0.275. The van der Waals surface area contributed by atoms with E-state index in [2.05, 4.69) is 4.98 Å². The number of benzene rings is 1. The normalized spacial score (nSPS) is 10.9. The van der Waals surface area contributed by atoms with E-state index in [0.29, 0.717) is 16.8 Å². The summed E-state index contributed by atoms with van der Waals surface area (Å²) < 4.78 is 0.957.